The minimum Gasteiger partial charge on any atom is -0.550 e. The predicted octanol–water partition coefficient (Wildman–Crippen LogP) is -1.29. The van der Waals surface area contributed by atoms with Crippen LogP contribution in [-0.4, -0.2) is 40.2 Å². The highest BCUT2D eigenvalue weighted by Gasteiger charge is 2.49. The van der Waals surface area contributed by atoms with Gasteiger partial charge in [-0.1, -0.05) is 12.2 Å². The summed E-state index contributed by atoms with van der Waals surface area (Å²) in [5.74, 6) is -3.11. The van der Waals surface area contributed by atoms with Crippen molar-refractivity contribution in [3.63, 3.8) is 0 Å². The minimum absolute atomic E-state index is 0.285. The Balaban J connectivity index is 1.51. The number of aromatic nitrogens is 2. The number of rotatable bonds is 6. The van der Waals surface area contributed by atoms with Crippen molar-refractivity contribution in [1.29, 1.82) is 0 Å². The molecule has 2 aliphatic heterocycles. The zero-order valence-corrected chi connectivity index (χ0v) is 11.3. The fraction of sp³-hybridized carbons (Fsp3) is 0.500. The number of aliphatic carboxylic acids is 1. The second-order valence-electron chi connectivity index (χ2n) is 5.27. The lowest BCUT2D eigenvalue weighted by Gasteiger charge is -2.24. The van der Waals surface area contributed by atoms with Crippen molar-refractivity contribution in [2.24, 2.45) is 11.8 Å². The Hall–Kier alpha value is -2.15. The Morgan fingerprint density at radius 3 is 2.71 bits per heavy atom. The van der Waals surface area contributed by atoms with Gasteiger partial charge in [0.1, 0.15) is 0 Å². The van der Waals surface area contributed by atoms with E-state index in [1.807, 2.05) is 10.8 Å². The molecule has 1 N–H and O–H groups in total. The quantitative estimate of drug-likeness (QED) is 0.519. The Bertz CT molecular complexity index is 555. The highest BCUT2D eigenvalue weighted by atomic mass is 16.5. The molecule has 3 heterocycles. The number of aryl methyl sites for hydroxylation is 1. The molecule has 1 amide bonds. The third-order valence-corrected chi connectivity index (χ3v) is 3.93. The summed E-state index contributed by atoms with van der Waals surface area (Å²) in [7, 11) is 0. The van der Waals surface area contributed by atoms with Gasteiger partial charge in [-0.2, -0.15) is 0 Å². The molecule has 0 aliphatic carbocycles. The van der Waals surface area contributed by atoms with Gasteiger partial charge in [0.2, 0.25) is 5.91 Å². The lowest BCUT2D eigenvalue weighted by molar-refractivity contribution is -0.313. The standard InChI is InChI=1S/C14H17N3O4/c18-13(16-4-1-6-17-7-5-15-8-17)11-9-2-3-10(21-9)12(11)14(19)20/h2-3,5,7-12H,1,4,6H2,(H,16,18)(H,19,20)/p-1/t9-,10+,11+,12+/m1/s1. The third kappa shape index (κ3) is 2.69. The number of carbonyl (C=O) groups is 2. The average molecular weight is 290 g/mol. The molecular weight excluding hydrogens is 274 g/mol. The van der Waals surface area contributed by atoms with Crippen LogP contribution in [-0.2, 0) is 20.9 Å². The summed E-state index contributed by atoms with van der Waals surface area (Å²) < 4.78 is 7.36. The molecule has 0 aromatic carbocycles. The molecule has 3 rings (SSSR count). The molecule has 0 radical (unpaired) electrons. The van der Waals surface area contributed by atoms with Crippen molar-refractivity contribution in [3.05, 3.63) is 30.9 Å². The highest BCUT2D eigenvalue weighted by Crippen LogP contribution is 2.38. The van der Waals surface area contributed by atoms with Gasteiger partial charge in [-0.25, -0.2) is 4.98 Å². The molecule has 2 bridgehead atoms. The number of carboxylic acid groups (broad SMARTS) is 1. The van der Waals surface area contributed by atoms with Crippen molar-refractivity contribution >= 4 is 11.9 Å². The van der Waals surface area contributed by atoms with E-state index in [4.69, 9.17) is 4.74 Å². The molecule has 2 aliphatic rings. The van der Waals surface area contributed by atoms with Crippen LogP contribution < -0.4 is 10.4 Å². The number of hydrogen-bond donors (Lipinski definition) is 1. The topological polar surface area (TPSA) is 96.3 Å². The number of nitrogens with one attached hydrogen (secondary N) is 1. The molecule has 0 saturated carbocycles. The first-order valence-corrected chi connectivity index (χ1v) is 6.95. The van der Waals surface area contributed by atoms with Gasteiger partial charge in [-0.05, 0) is 6.42 Å². The van der Waals surface area contributed by atoms with Gasteiger partial charge in [0, 0.05) is 37.4 Å². The summed E-state index contributed by atoms with van der Waals surface area (Å²) in [4.78, 5) is 27.3. The lowest BCUT2D eigenvalue weighted by Crippen LogP contribution is -2.47. The normalized spacial score (nSPS) is 29.7. The maximum absolute atomic E-state index is 12.2. The molecular formula is C14H16N3O4-. The molecule has 7 nitrogen and oxygen atoms in total. The van der Waals surface area contributed by atoms with E-state index in [-0.39, 0.29) is 5.91 Å². The average Bonchev–Trinajstić information content (AvgIpc) is 3.18. The van der Waals surface area contributed by atoms with Crippen molar-refractivity contribution in [3.8, 4) is 0 Å². The van der Waals surface area contributed by atoms with E-state index >= 15 is 0 Å². The number of ether oxygens (including phenoxy) is 1. The number of imidazole rings is 1. The van der Waals surface area contributed by atoms with Crippen LogP contribution in [0.5, 0.6) is 0 Å². The Morgan fingerprint density at radius 1 is 1.29 bits per heavy atom. The van der Waals surface area contributed by atoms with Gasteiger partial charge >= 0.3 is 0 Å². The van der Waals surface area contributed by atoms with Crippen molar-refractivity contribution in [2.45, 2.75) is 25.2 Å². The van der Waals surface area contributed by atoms with E-state index in [0.29, 0.717) is 6.54 Å². The minimum atomic E-state index is -1.23. The molecule has 1 aromatic heterocycles. The lowest BCUT2D eigenvalue weighted by atomic mass is 9.82. The zero-order valence-electron chi connectivity index (χ0n) is 11.3. The van der Waals surface area contributed by atoms with Gasteiger partial charge in [0.05, 0.1) is 24.5 Å². The number of hydrogen-bond acceptors (Lipinski definition) is 5. The molecule has 0 spiro atoms. The summed E-state index contributed by atoms with van der Waals surface area (Å²) >= 11 is 0. The summed E-state index contributed by atoms with van der Waals surface area (Å²) in [5.41, 5.74) is 0. The van der Waals surface area contributed by atoms with E-state index in [1.165, 1.54) is 0 Å². The van der Waals surface area contributed by atoms with E-state index in [1.54, 1.807) is 24.7 Å². The van der Waals surface area contributed by atoms with E-state index < -0.39 is 30.0 Å². The number of fused-ring (bicyclic) bond motifs is 2. The van der Waals surface area contributed by atoms with Crippen LogP contribution in [0.4, 0.5) is 0 Å². The van der Waals surface area contributed by atoms with Gasteiger partial charge in [0.15, 0.2) is 0 Å². The first-order valence-electron chi connectivity index (χ1n) is 6.95. The highest BCUT2D eigenvalue weighted by molar-refractivity contribution is 5.86. The molecule has 1 saturated heterocycles. The van der Waals surface area contributed by atoms with E-state index in [9.17, 15) is 14.7 Å². The van der Waals surface area contributed by atoms with Gasteiger partial charge in [-0.15, -0.1) is 0 Å². The maximum atomic E-state index is 12.2. The van der Waals surface area contributed by atoms with Crippen LogP contribution in [0.1, 0.15) is 6.42 Å². The van der Waals surface area contributed by atoms with Crippen LogP contribution in [0.3, 0.4) is 0 Å². The van der Waals surface area contributed by atoms with Crippen molar-refractivity contribution in [1.82, 2.24) is 14.9 Å². The zero-order chi connectivity index (χ0) is 14.8. The van der Waals surface area contributed by atoms with Crippen molar-refractivity contribution < 1.29 is 19.4 Å². The van der Waals surface area contributed by atoms with E-state index in [0.717, 1.165) is 13.0 Å². The first-order chi connectivity index (χ1) is 10.2. The second-order valence-corrected chi connectivity index (χ2v) is 5.27. The van der Waals surface area contributed by atoms with Crippen LogP contribution in [0.15, 0.2) is 30.9 Å². The molecule has 1 aromatic rings. The van der Waals surface area contributed by atoms with Crippen LogP contribution in [0, 0.1) is 11.8 Å². The molecule has 112 valence electrons. The third-order valence-electron chi connectivity index (χ3n) is 3.93. The van der Waals surface area contributed by atoms with Crippen LogP contribution >= 0.6 is 0 Å². The van der Waals surface area contributed by atoms with Crippen LogP contribution in [0.2, 0.25) is 0 Å². The van der Waals surface area contributed by atoms with Gasteiger partial charge in [0.25, 0.3) is 0 Å². The number of amides is 1. The smallest absolute Gasteiger partial charge is 0.226 e. The number of nitrogens with zero attached hydrogens (tertiary/aromatic N) is 2. The molecule has 1 fully saturated rings. The monoisotopic (exact) mass is 290 g/mol. The second kappa shape index (κ2) is 5.69. The first kappa shape index (κ1) is 13.8. The van der Waals surface area contributed by atoms with Gasteiger partial charge < -0.3 is 24.5 Å². The van der Waals surface area contributed by atoms with Gasteiger partial charge in [-0.3, -0.25) is 4.79 Å². The van der Waals surface area contributed by atoms with Crippen molar-refractivity contribution in [2.75, 3.05) is 6.54 Å². The largest absolute Gasteiger partial charge is 0.550 e. The predicted molar refractivity (Wildman–Crippen MR) is 69.6 cm³/mol. The van der Waals surface area contributed by atoms with Crippen LogP contribution in [0.25, 0.3) is 0 Å². The molecule has 4 atom stereocenters. The molecule has 21 heavy (non-hydrogen) atoms. The fourth-order valence-corrected chi connectivity index (χ4v) is 2.91. The summed E-state index contributed by atoms with van der Waals surface area (Å²) in [5, 5.41) is 14.0. The summed E-state index contributed by atoms with van der Waals surface area (Å²) in [6.07, 6.45) is 8.45. The fourth-order valence-electron chi connectivity index (χ4n) is 2.91. The summed E-state index contributed by atoms with van der Waals surface area (Å²) in [6.45, 7) is 1.23. The Morgan fingerprint density at radius 2 is 2.05 bits per heavy atom. The molecule has 7 heteroatoms. The Kier molecular flexibility index (Phi) is 3.74. The molecule has 0 unspecified atom stereocenters. The Labute approximate surface area is 121 Å². The van der Waals surface area contributed by atoms with E-state index in [2.05, 4.69) is 10.3 Å². The SMILES string of the molecule is O=C([O-])[C@@H]1[C@@H](C(=O)NCCCn2ccnc2)[C@H]2C=C[C@@H]1O2. The number of carboxylic acids is 1. The number of carbonyl (C=O) groups excluding carboxylic acids is 2. The maximum Gasteiger partial charge on any atom is 0.226 e. The summed E-state index contributed by atoms with van der Waals surface area (Å²) in [6, 6.07) is 0.